The monoisotopic (exact) mass is 309 g/mol. The Morgan fingerprint density at radius 3 is 2.33 bits per heavy atom. The van der Waals surface area contributed by atoms with Gasteiger partial charge in [0, 0.05) is 10.7 Å². The SMILES string of the molecule is COc1ncc(F)c(S(=O)(=O)Cl)c1OC(F)(F)F. The molecule has 1 aromatic heterocycles. The summed E-state index contributed by atoms with van der Waals surface area (Å²) in [7, 11) is 0.908. The molecule has 1 heterocycles. The minimum Gasteiger partial charge on any atom is -0.478 e. The van der Waals surface area contributed by atoms with Crippen LogP contribution in [0, 0.1) is 5.82 Å². The van der Waals surface area contributed by atoms with Crippen LogP contribution in [0.15, 0.2) is 11.1 Å². The highest BCUT2D eigenvalue weighted by Crippen LogP contribution is 2.39. The van der Waals surface area contributed by atoms with E-state index >= 15 is 0 Å². The van der Waals surface area contributed by atoms with Gasteiger partial charge in [-0.25, -0.2) is 17.8 Å². The normalized spacial score (nSPS) is 12.3. The maximum absolute atomic E-state index is 13.2. The molecule has 5 nitrogen and oxygen atoms in total. The fraction of sp³-hybridized carbons (Fsp3) is 0.286. The molecule has 0 N–H and O–H groups in total. The van der Waals surface area contributed by atoms with Crippen molar-refractivity contribution in [2.75, 3.05) is 7.11 Å². The zero-order valence-corrected chi connectivity index (χ0v) is 10.0. The fourth-order valence-corrected chi connectivity index (χ4v) is 2.08. The van der Waals surface area contributed by atoms with Crippen LogP contribution >= 0.6 is 10.7 Å². The van der Waals surface area contributed by atoms with Crippen molar-refractivity contribution in [1.82, 2.24) is 4.98 Å². The molecule has 0 atom stereocenters. The highest BCUT2D eigenvalue weighted by Gasteiger charge is 2.38. The number of hydrogen-bond acceptors (Lipinski definition) is 5. The van der Waals surface area contributed by atoms with E-state index in [2.05, 4.69) is 14.5 Å². The smallest absolute Gasteiger partial charge is 0.478 e. The molecule has 11 heteroatoms. The Morgan fingerprint density at radius 1 is 1.39 bits per heavy atom. The van der Waals surface area contributed by atoms with E-state index in [1.54, 1.807) is 0 Å². The summed E-state index contributed by atoms with van der Waals surface area (Å²) < 4.78 is 79.3. The van der Waals surface area contributed by atoms with Gasteiger partial charge in [-0.1, -0.05) is 0 Å². The van der Waals surface area contributed by atoms with Crippen LogP contribution in [-0.4, -0.2) is 26.9 Å². The summed E-state index contributed by atoms with van der Waals surface area (Å²) in [4.78, 5) is 1.62. The predicted octanol–water partition coefficient (Wildman–Crippen LogP) is 2.06. The maximum Gasteiger partial charge on any atom is 0.573 e. The largest absolute Gasteiger partial charge is 0.573 e. The molecule has 0 aliphatic rings. The Labute approximate surface area is 103 Å². The summed E-state index contributed by atoms with van der Waals surface area (Å²) in [5.41, 5.74) is 0. The van der Waals surface area contributed by atoms with E-state index in [-0.39, 0.29) is 0 Å². The first-order valence-corrected chi connectivity index (χ1v) is 6.30. The van der Waals surface area contributed by atoms with Gasteiger partial charge < -0.3 is 9.47 Å². The van der Waals surface area contributed by atoms with E-state index in [4.69, 9.17) is 10.7 Å². The molecule has 102 valence electrons. The van der Waals surface area contributed by atoms with E-state index in [1.165, 1.54) is 0 Å². The summed E-state index contributed by atoms with van der Waals surface area (Å²) in [5, 5.41) is 0. The molecule has 0 aliphatic heterocycles. The highest BCUT2D eigenvalue weighted by atomic mass is 35.7. The molecule has 18 heavy (non-hydrogen) atoms. The van der Waals surface area contributed by atoms with E-state index in [0.717, 1.165) is 7.11 Å². The molecular formula is C7H4ClF4NO4S. The van der Waals surface area contributed by atoms with Crippen molar-refractivity contribution in [2.24, 2.45) is 0 Å². The predicted molar refractivity (Wildman–Crippen MR) is 50.5 cm³/mol. The average Bonchev–Trinajstić information content (AvgIpc) is 2.13. The van der Waals surface area contributed by atoms with Crippen molar-refractivity contribution in [3.05, 3.63) is 12.0 Å². The topological polar surface area (TPSA) is 65.5 Å². The Balaban J connectivity index is 3.57. The average molecular weight is 310 g/mol. The van der Waals surface area contributed by atoms with E-state index in [1.807, 2.05) is 0 Å². The Kier molecular flexibility index (Phi) is 3.91. The zero-order chi connectivity index (χ0) is 14.1. The zero-order valence-electron chi connectivity index (χ0n) is 8.46. The second kappa shape index (κ2) is 4.76. The lowest BCUT2D eigenvalue weighted by molar-refractivity contribution is -0.276. The number of rotatable bonds is 3. The van der Waals surface area contributed by atoms with Crippen molar-refractivity contribution in [3.63, 3.8) is 0 Å². The third-order valence-corrected chi connectivity index (χ3v) is 2.90. The van der Waals surface area contributed by atoms with Gasteiger partial charge in [0.25, 0.3) is 14.9 Å². The molecule has 0 radical (unpaired) electrons. The van der Waals surface area contributed by atoms with Crippen molar-refractivity contribution in [3.8, 4) is 11.6 Å². The minimum atomic E-state index is -5.26. The number of aromatic nitrogens is 1. The third-order valence-electron chi connectivity index (χ3n) is 1.57. The molecule has 0 unspecified atom stereocenters. The molecule has 0 saturated heterocycles. The molecule has 0 aliphatic carbocycles. The summed E-state index contributed by atoms with van der Waals surface area (Å²) in [6.45, 7) is 0. The summed E-state index contributed by atoms with van der Waals surface area (Å²) >= 11 is 0. The lowest BCUT2D eigenvalue weighted by atomic mass is 10.4. The van der Waals surface area contributed by atoms with Crippen LogP contribution in [0.2, 0.25) is 0 Å². The van der Waals surface area contributed by atoms with Crippen molar-refractivity contribution < 1.29 is 35.5 Å². The highest BCUT2D eigenvalue weighted by molar-refractivity contribution is 8.13. The first-order valence-electron chi connectivity index (χ1n) is 3.99. The number of alkyl halides is 3. The molecule has 1 rings (SSSR count). The van der Waals surface area contributed by atoms with Gasteiger partial charge in [-0.3, -0.25) is 0 Å². The summed E-state index contributed by atoms with van der Waals surface area (Å²) in [6, 6.07) is 0. The number of pyridine rings is 1. The van der Waals surface area contributed by atoms with Gasteiger partial charge in [0.1, 0.15) is 0 Å². The van der Waals surface area contributed by atoms with Gasteiger partial charge in [0.2, 0.25) is 5.75 Å². The molecular weight excluding hydrogens is 306 g/mol. The van der Waals surface area contributed by atoms with E-state index in [9.17, 15) is 26.0 Å². The van der Waals surface area contributed by atoms with Gasteiger partial charge in [-0.05, 0) is 0 Å². The van der Waals surface area contributed by atoms with Crippen LogP contribution in [-0.2, 0) is 9.05 Å². The number of nitrogens with zero attached hydrogens (tertiary/aromatic N) is 1. The van der Waals surface area contributed by atoms with Crippen LogP contribution < -0.4 is 9.47 Å². The van der Waals surface area contributed by atoms with Crippen molar-refractivity contribution in [1.29, 1.82) is 0 Å². The van der Waals surface area contributed by atoms with Crippen LogP contribution in [0.4, 0.5) is 17.6 Å². The van der Waals surface area contributed by atoms with Crippen LogP contribution in [0.5, 0.6) is 11.6 Å². The molecule has 0 bridgehead atoms. The number of methoxy groups -OCH3 is 1. The second-order valence-electron chi connectivity index (χ2n) is 2.76. The van der Waals surface area contributed by atoms with Crippen LogP contribution in [0.1, 0.15) is 0 Å². The Hall–Kier alpha value is -1.29. The van der Waals surface area contributed by atoms with Gasteiger partial charge in [0.15, 0.2) is 10.7 Å². The Morgan fingerprint density at radius 2 is 1.94 bits per heavy atom. The molecule has 0 aromatic carbocycles. The van der Waals surface area contributed by atoms with Crippen LogP contribution in [0.25, 0.3) is 0 Å². The van der Waals surface area contributed by atoms with Gasteiger partial charge >= 0.3 is 6.36 Å². The molecule has 0 spiro atoms. The van der Waals surface area contributed by atoms with E-state index in [0.29, 0.717) is 6.20 Å². The second-order valence-corrected chi connectivity index (χ2v) is 5.26. The van der Waals surface area contributed by atoms with E-state index < -0.39 is 37.8 Å². The first-order chi connectivity index (χ1) is 8.06. The minimum absolute atomic E-state index is 0.345. The quantitative estimate of drug-likeness (QED) is 0.631. The lowest BCUT2D eigenvalue weighted by Crippen LogP contribution is -2.20. The lowest BCUT2D eigenvalue weighted by Gasteiger charge is -2.14. The number of ether oxygens (including phenoxy) is 2. The van der Waals surface area contributed by atoms with Crippen LogP contribution in [0.3, 0.4) is 0 Å². The van der Waals surface area contributed by atoms with Gasteiger partial charge in [0.05, 0.1) is 13.3 Å². The summed E-state index contributed by atoms with van der Waals surface area (Å²) in [6.07, 6.45) is -4.92. The summed E-state index contributed by atoms with van der Waals surface area (Å²) in [5.74, 6) is -3.92. The van der Waals surface area contributed by atoms with Gasteiger partial charge in [-0.15, -0.1) is 13.2 Å². The molecule has 0 amide bonds. The first kappa shape index (κ1) is 14.8. The standard InChI is InChI=1S/C7H4ClF4NO4S/c1-16-6-4(17-7(10,11)12)5(18(8,14)15)3(9)2-13-6/h2H,1H3. The third kappa shape index (κ3) is 3.35. The van der Waals surface area contributed by atoms with Gasteiger partial charge in [-0.2, -0.15) is 0 Å². The molecule has 0 saturated carbocycles. The molecule has 1 aromatic rings. The van der Waals surface area contributed by atoms with Crippen molar-refractivity contribution in [2.45, 2.75) is 11.3 Å². The number of halogens is 5. The number of hydrogen-bond donors (Lipinski definition) is 0. The van der Waals surface area contributed by atoms with Crippen molar-refractivity contribution >= 4 is 19.7 Å². The molecule has 0 fully saturated rings. The fourth-order valence-electron chi connectivity index (χ4n) is 1.02. The maximum atomic E-state index is 13.2. The Bertz CT molecular complexity index is 559.